The molecule has 1 fully saturated rings. The summed E-state index contributed by atoms with van der Waals surface area (Å²) in [5.74, 6) is -0.218. The molecule has 0 spiro atoms. The Bertz CT molecular complexity index is 698. The molecular weight excluding hydrogens is 304 g/mol. The van der Waals surface area contributed by atoms with E-state index in [0.717, 1.165) is 5.69 Å². The second-order valence-corrected chi connectivity index (χ2v) is 5.21. The van der Waals surface area contributed by atoms with Crippen molar-refractivity contribution >= 4 is 35.0 Å². The number of halogens is 1. The summed E-state index contributed by atoms with van der Waals surface area (Å²) in [4.78, 5) is 25.1. The average molecular weight is 317 g/mol. The average Bonchev–Trinajstić information content (AvgIpc) is 2.95. The highest BCUT2D eigenvalue weighted by Gasteiger charge is 2.23. The fraction of sp³-hybridized carbons (Fsp3) is 0.125. The molecule has 0 aliphatic carbocycles. The third-order valence-corrected chi connectivity index (χ3v) is 3.56. The Morgan fingerprint density at radius 2 is 1.77 bits per heavy atom. The van der Waals surface area contributed by atoms with E-state index in [2.05, 4.69) is 5.32 Å². The number of nitrogens with one attached hydrogen (secondary N) is 1. The van der Waals surface area contributed by atoms with Gasteiger partial charge in [-0.05, 0) is 48.5 Å². The highest BCUT2D eigenvalue weighted by molar-refractivity contribution is 6.30. The van der Waals surface area contributed by atoms with Crippen molar-refractivity contribution in [3.8, 4) is 0 Å². The molecule has 5 nitrogen and oxygen atoms in total. The number of carbonyl (C=O) groups excluding carboxylic acids is 2. The summed E-state index contributed by atoms with van der Waals surface area (Å²) in [6, 6.07) is 13.7. The summed E-state index contributed by atoms with van der Waals surface area (Å²) < 4.78 is 4.89. The molecule has 112 valence electrons. The van der Waals surface area contributed by atoms with Crippen LogP contribution in [0.15, 0.2) is 48.5 Å². The number of rotatable bonds is 3. The Labute approximate surface area is 132 Å². The maximum Gasteiger partial charge on any atom is 0.414 e. The lowest BCUT2D eigenvalue weighted by molar-refractivity contribution is 0.102. The molecule has 2 aromatic carbocycles. The van der Waals surface area contributed by atoms with Gasteiger partial charge in [-0.3, -0.25) is 9.69 Å². The zero-order valence-electron chi connectivity index (χ0n) is 11.6. The van der Waals surface area contributed by atoms with E-state index in [1.807, 2.05) is 0 Å². The summed E-state index contributed by atoms with van der Waals surface area (Å²) in [7, 11) is 0. The molecule has 2 aromatic rings. The molecule has 1 N–H and O–H groups in total. The Morgan fingerprint density at radius 3 is 2.36 bits per heavy atom. The maximum absolute atomic E-state index is 12.1. The van der Waals surface area contributed by atoms with Gasteiger partial charge in [0.05, 0.1) is 6.54 Å². The van der Waals surface area contributed by atoms with E-state index < -0.39 is 0 Å². The molecule has 1 heterocycles. The molecule has 2 amide bonds. The largest absolute Gasteiger partial charge is 0.447 e. The lowest BCUT2D eigenvalue weighted by atomic mass is 10.2. The van der Waals surface area contributed by atoms with Gasteiger partial charge in [0.25, 0.3) is 5.91 Å². The molecule has 0 unspecified atom stereocenters. The van der Waals surface area contributed by atoms with Crippen LogP contribution >= 0.6 is 11.6 Å². The van der Waals surface area contributed by atoms with Crippen molar-refractivity contribution in [2.45, 2.75) is 0 Å². The number of cyclic esters (lactones) is 1. The molecule has 0 bridgehead atoms. The second-order valence-electron chi connectivity index (χ2n) is 4.77. The minimum Gasteiger partial charge on any atom is -0.447 e. The minimum atomic E-state index is -0.349. The number of ether oxygens (including phenoxy) is 1. The van der Waals surface area contributed by atoms with Crippen LogP contribution in [0.3, 0.4) is 0 Å². The summed E-state index contributed by atoms with van der Waals surface area (Å²) in [5, 5.41) is 3.37. The molecule has 22 heavy (non-hydrogen) atoms. The van der Waals surface area contributed by atoms with E-state index in [-0.39, 0.29) is 12.0 Å². The molecule has 6 heteroatoms. The zero-order valence-corrected chi connectivity index (χ0v) is 12.3. The Hall–Kier alpha value is -2.53. The van der Waals surface area contributed by atoms with Gasteiger partial charge in [-0.2, -0.15) is 0 Å². The van der Waals surface area contributed by atoms with Gasteiger partial charge >= 0.3 is 6.09 Å². The molecule has 0 radical (unpaired) electrons. The van der Waals surface area contributed by atoms with E-state index in [4.69, 9.17) is 16.3 Å². The number of amides is 2. The van der Waals surface area contributed by atoms with Crippen molar-refractivity contribution in [3.05, 3.63) is 59.1 Å². The van der Waals surface area contributed by atoms with Crippen LogP contribution in [0.4, 0.5) is 16.2 Å². The minimum absolute atomic E-state index is 0.218. The summed E-state index contributed by atoms with van der Waals surface area (Å²) in [6.07, 6.45) is -0.349. The highest BCUT2D eigenvalue weighted by atomic mass is 35.5. The van der Waals surface area contributed by atoms with E-state index in [0.29, 0.717) is 29.4 Å². The van der Waals surface area contributed by atoms with E-state index in [1.54, 1.807) is 53.4 Å². The van der Waals surface area contributed by atoms with Crippen molar-refractivity contribution in [1.29, 1.82) is 0 Å². The zero-order chi connectivity index (χ0) is 15.5. The van der Waals surface area contributed by atoms with Crippen LogP contribution in [-0.4, -0.2) is 25.2 Å². The lowest BCUT2D eigenvalue weighted by Gasteiger charge is -2.13. The van der Waals surface area contributed by atoms with Crippen LogP contribution in [0.5, 0.6) is 0 Å². The van der Waals surface area contributed by atoms with E-state index in [9.17, 15) is 9.59 Å². The first-order valence-corrected chi connectivity index (χ1v) is 7.12. The van der Waals surface area contributed by atoms with Gasteiger partial charge in [0.1, 0.15) is 6.61 Å². The Kier molecular flexibility index (Phi) is 3.98. The Morgan fingerprint density at radius 1 is 1.09 bits per heavy atom. The van der Waals surface area contributed by atoms with Crippen molar-refractivity contribution < 1.29 is 14.3 Å². The van der Waals surface area contributed by atoms with Gasteiger partial charge in [0.2, 0.25) is 0 Å². The van der Waals surface area contributed by atoms with Gasteiger partial charge in [0, 0.05) is 22.0 Å². The number of hydrogen-bond donors (Lipinski definition) is 1. The molecular formula is C16H13ClN2O3. The Balaban J connectivity index is 1.69. The van der Waals surface area contributed by atoms with Gasteiger partial charge < -0.3 is 10.1 Å². The first kappa shape index (κ1) is 14.4. The quantitative estimate of drug-likeness (QED) is 0.942. The number of carbonyl (C=O) groups is 2. The predicted octanol–water partition coefficient (Wildman–Crippen LogP) is 3.55. The number of anilines is 2. The third kappa shape index (κ3) is 3.04. The first-order chi connectivity index (χ1) is 10.6. The van der Waals surface area contributed by atoms with Gasteiger partial charge in [-0.1, -0.05) is 11.6 Å². The molecule has 1 aliphatic heterocycles. The predicted molar refractivity (Wildman–Crippen MR) is 84.5 cm³/mol. The van der Waals surface area contributed by atoms with Crippen LogP contribution in [0, 0.1) is 0 Å². The van der Waals surface area contributed by atoms with Crippen molar-refractivity contribution in [2.75, 3.05) is 23.4 Å². The van der Waals surface area contributed by atoms with Crippen molar-refractivity contribution in [2.24, 2.45) is 0 Å². The van der Waals surface area contributed by atoms with Crippen LogP contribution in [-0.2, 0) is 4.74 Å². The SMILES string of the molecule is O=C(Nc1ccc(N2CCOC2=O)cc1)c1ccc(Cl)cc1. The van der Waals surface area contributed by atoms with E-state index in [1.165, 1.54) is 0 Å². The fourth-order valence-electron chi connectivity index (χ4n) is 2.16. The van der Waals surface area contributed by atoms with Gasteiger partial charge in [0.15, 0.2) is 0 Å². The van der Waals surface area contributed by atoms with Crippen molar-refractivity contribution in [3.63, 3.8) is 0 Å². The highest BCUT2D eigenvalue weighted by Crippen LogP contribution is 2.21. The second kappa shape index (κ2) is 6.07. The van der Waals surface area contributed by atoms with Crippen LogP contribution in [0.2, 0.25) is 5.02 Å². The first-order valence-electron chi connectivity index (χ1n) is 6.75. The smallest absolute Gasteiger partial charge is 0.414 e. The summed E-state index contributed by atoms with van der Waals surface area (Å²) in [5.41, 5.74) is 1.92. The standard InChI is InChI=1S/C16H13ClN2O3/c17-12-3-1-11(2-4-12)15(20)18-13-5-7-14(8-6-13)19-9-10-22-16(19)21/h1-8H,9-10H2,(H,18,20). The van der Waals surface area contributed by atoms with Crippen LogP contribution in [0.25, 0.3) is 0 Å². The maximum atomic E-state index is 12.1. The molecule has 0 atom stereocenters. The molecule has 1 aliphatic rings. The number of hydrogen-bond acceptors (Lipinski definition) is 3. The topological polar surface area (TPSA) is 58.6 Å². The van der Waals surface area contributed by atoms with Crippen LogP contribution < -0.4 is 10.2 Å². The molecule has 3 rings (SSSR count). The van der Waals surface area contributed by atoms with E-state index >= 15 is 0 Å². The van der Waals surface area contributed by atoms with Gasteiger partial charge in [-0.25, -0.2) is 4.79 Å². The molecule has 0 saturated carbocycles. The fourth-order valence-corrected chi connectivity index (χ4v) is 2.28. The number of benzene rings is 2. The molecule has 1 saturated heterocycles. The molecule has 0 aromatic heterocycles. The monoisotopic (exact) mass is 316 g/mol. The van der Waals surface area contributed by atoms with Crippen molar-refractivity contribution in [1.82, 2.24) is 0 Å². The lowest BCUT2D eigenvalue weighted by Crippen LogP contribution is -2.23. The number of nitrogens with zero attached hydrogens (tertiary/aromatic N) is 1. The van der Waals surface area contributed by atoms with Crippen LogP contribution in [0.1, 0.15) is 10.4 Å². The normalized spacial score (nSPS) is 13.9. The summed E-state index contributed by atoms with van der Waals surface area (Å²) >= 11 is 5.79. The third-order valence-electron chi connectivity index (χ3n) is 3.30. The summed E-state index contributed by atoms with van der Waals surface area (Å²) in [6.45, 7) is 0.934. The van der Waals surface area contributed by atoms with Gasteiger partial charge in [-0.15, -0.1) is 0 Å².